The summed E-state index contributed by atoms with van der Waals surface area (Å²) in [7, 11) is 1.21. The molecule has 3 rings (SSSR count). The largest absolute Gasteiger partial charge is 0.497 e. The predicted octanol–water partition coefficient (Wildman–Crippen LogP) is 2.42. The molecule has 1 N–H and O–H groups in total. The number of sulfonamides is 1. The molecule has 1 saturated heterocycles. The highest BCUT2D eigenvalue weighted by Gasteiger charge is 2.43. The molecule has 1 aliphatic heterocycles. The summed E-state index contributed by atoms with van der Waals surface area (Å²) in [5.41, 5.74) is 2.75. The van der Waals surface area contributed by atoms with Crippen LogP contribution in [0.5, 0.6) is 11.5 Å². The van der Waals surface area contributed by atoms with Gasteiger partial charge in [0.2, 0.25) is 10.0 Å². The van der Waals surface area contributed by atoms with Gasteiger partial charge in [-0.1, -0.05) is 29.8 Å². The molecular formula is C20H26N2O5S. The number of nitrogens with zero attached hydrogens (tertiary/aromatic N) is 1. The molecular weight excluding hydrogens is 380 g/mol. The molecule has 0 amide bonds. The highest BCUT2D eigenvalue weighted by molar-refractivity contribution is 7.90. The third-order valence-electron chi connectivity index (χ3n) is 4.86. The van der Waals surface area contributed by atoms with E-state index in [4.69, 9.17) is 14.3 Å². The Balaban J connectivity index is 1.85. The van der Waals surface area contributed by atoms with Crippen molar-refractivity contribution in [3.8, 4) is 11.5 Å². The van der Waals surface area contributed by atoms with Gasteiger partial charge in [0.25, 0.3) is 0 Å². The van der Waals surface area contributed by atoms with Gasteiger partial charge in [0.1, 0.15) is 16.7 Å². The molecule has 0 aromatic heterocycles. The van der Waals surface area contributed by atoms with Crippen LogP contribution < -0.4 is 14.2 Å². The molecule has 28 heavy (non-hydrogen) atoms. The maximum absolute atomic E-state index is 13.0. The van der Waals surface area contributed by atoms with E-state index in [0.29, 0.717) is 11.5 Å². The summed E-state index contributed by atoms with van der Waals surface area (Å²) in [5.74, 6) is 1.19. The maximum Gasteiger partial charge on any atom is 0.219 e. The topological polar surface area (TPSA) is 77.1 Å². The number of ether oxygens (including phenoxy) is 2. The van der Waals surface area contributed by atoms with Crippen LogP contribution in [0.2, 0.25) is 0 Å². The van der Waals surface area contributed by atoms with E-state index in [-0.39, 0.29) is 13.2 Å². The minimum atomic E-state index is -3.64. The van der Waals surface area contributed by atoms with Gasteiger partial charge in [0, 0.05) is 19.7 Å². The Morgan fingerprint density at radius 2 is 1.82 bits per heavy atom. The van der Waals surface area contributed by atoms with Crippen molar-refractivity contribution in [2.75, 3.05) is 27.9 Å². The molecule has 7 nitrogen and oxygen atoms in total. The Bertz CT molecular complexity index is 910. The first-order chi connectivity index (χ1) is 13.3. The molecule has 2 aromatic rings. The highest BCUT2D eigenvalue weighted by Crippen LogP contribution is 2.37. The van der Waals surface area contributed by atoms with E-state index in [9.17, 15) is 8.42 Å². The average Bonchev–Trinajstić information content (AvgIpc) is 3.08. The lowest BCUT2D eigenvalue weighted by molar-refractivity contribution is -0.110. The Kier molecular flexibility index (Phi) is 6.24. The monoisotopic (exact) mass is 406 g/mol. The van der Waals surface area contributed by atoms with Gasteiger partial charge in [-0.2, -0.15) is 5.06 Å². The minimum Gasteiger partial charge on any atom is -0.497 e. The van der Waals surface area contributed by atoms with Crippen LogP contribution in [-0.2, 0) is 21.4 Å². The van der Waals surface area contributed by atoms with E-state index in [0.717, 1.165) is 16.7 Å². The summed E-state index contributed by atoms with van der Waals surface area (Å²) < 4.78 is 39.5. The normalized spacial score (nSPS) is 20.3. The molecule has 0 saturated carbocycles. The number of rotatable bonds is 7. The summed E-state index contributed by atoms with van der Waals surface area (Å²) in [4.78, 5) is 5.57. The van der Waals surface area contributed by atoms with E-state index >= 15 is 0 Å². The van der Waals surface area contributed by atoms with Crippen LogP contribution >= 0.6 is 0 Å². The zero-order valence-electron chi connectivity index (χ0n) is 16.5. The number of benzene rings is 2. The summed E-state index contributed by atoms with van der Waals surface area (Å²) in [6, 6.07) is 12.6. The van der Waals surface area contributed by atoms with Crippen molar-refractivity contribution in [1.82, 2.24) is 9.79 Å². The zero-order valence-corrected chi connectivity index (χ0v) is 17.3. The van der Waals surface area contributed by atoms with E-state index in [1.54, 1.807) is 44.5 Å². The summed E-state index contributed by atoms with van der Waals surface area (Å²) in [6.07, 6.45) is 0. The molecule has 0 bridgehead atoms. The first kappa shape index (κ1) is 20.6. The van der Waals surface area contributed by atoms with Crippen molar-refractivity contribution in [1.29, 1.82) is 0 Å². The predicted molar refractivity (Wildman–Crippen MR) is 107 cm³/mol. The molecule has 0 radical (unpaired) electrons. The number of hydrogen-bond acceptors (Lipinski definition) is 6. The molecule has 1 fully saturated rings. The van der Waals surface area contributed by atoms with Crippen molar-refractivity contribution < 1.29 is 22.7 Å². The minimum absolute atomic E-state index is 0.0733. The smallest absolute Gasteiger partial charge is 0.219 e. The van der Waals surface area contributed by atoms with Crippen molar-refractivity contribution in [2.24, 2.45) is 0 Å². The van der Waals surface area contributed by atoms with Gasteiger partial charge >= 0.3 is 0 Å². The van der Waals surface area contributed by atoms with Gasteiger partial charge in [-0.05, 0) is 30.2 Å². The van der Waals surface area contributed by atoms with Crippen LogP contribution in [0, 0.1) is 6.92 Å². The number of hydrogen-bond donors (Lipinski definition) is 1. The number of hydroxylamine groups is 2. The number of methoxy groups -OCH3 is 2. The Hall–Kier alpha value is -2.13. The SMILES string of the molecule is COc1cc(OC)cc([C@H]2[C@H](S(=O)(=O)NCc3cccc(C)c3)CON2C)c1. The Morgan fingerprint density at radius 3 is 2.43 bits per heavy atom. The summed E-state index contributed by atoms with van der Waals surface area (Å²) in [6.45, 7) is 2.28. The van der Waals surface area contributed by atoms with Gasteiger partial charge in [0.05, 0.1) is 26.9 Å². The van der Waals surface area contributed by atoms with Gasteiger partial charge in [-0.25, -0.2) is 13.1 Å². The number of nitrogens with one attached hydrogen (secondary N) is 1. The standard InChI is InChI=1S/C20H26N2O5S/c1-14-6-5-7-15(8-14)12-21-28(23,24)19-13-27-22(2)20(19)16-9-17(25-3)11-18(10-16)26-4/h5-11,19-21H,12-13H2,1-4H3/t19-,20+/m1/s1. The Labute approximate surface area is 166 Å². The van der Waals surface area contributed by atoms with Crippen LogP contribution in [0.1, 0.15) is 22.7 Å². The van der Waals surface area contributed by atoms with Gasteiger partial charge in [0.15, 0.2) is 0 Å². The van der Waals surface area contributed by atoms with E-state index in [1.807, 2.05) is 31.2 Å². The van der Waals surface area contributed by atoms with E-state index in [1.165, 1.54) is 0 Å². The van der Waals surface area contributed by atoms with Gasteiger partial charge < -0.3 is 9.47 Å². The lowest BCUT2D eigenvalue weighted by atomic mass is 10.0. The lowest BCUT2D eigenvalue weighted by Gasteiger charge is -2.24. The summed E-state index contributed by atoms with van der Waals surface area (Å²) >= 11 is 0. The van der Waals surface area contributed by atoms with Crippen molar-refractivity contribution in [3.05, 3.63) is 59.2 Å². The second-order valence-electron chi connectivity index (χ2n) is 6.83. The van der Waals surface area contributed by atoms with Gasteiger partial charge in [-0.3, -0.25) is 4.84 Å². The van der Waals surface area contributed by atoms with Crippen LogP contribution in [0.25, 0.3) is 0 Å². The van der Waals surface area contributed by atoms with Crippen LogP contribution in [-0.4, -0.2) is 46.6 Å². The molecule has 0 unspecified atom stereocenters. The van der Waals surface area contributed by atoms with Crippen LogP contribution in [0.3, 0.4) is 0 Å². The highest BCUT2D eigenvalue weighted by atomic mass is 32.2. The third-order valence-corrected chi connectivity index (χ3v) is 6.60. The molecule has 0 spiro atoms. The fraction of sp³-hybridized carbons (Fsp3) is 0.400. The van der Waals surface area contributed by atoms with Crippen molar-refractivity contribution in [3.63, 3.8) is 0 Å². The fourth-order valence-electron chi connectivity index (χ4n) is 3.39. The quantitative estimate of drug-likeness (QED) is 0.761. The molecule has 152 valence electrons. The van der Waals surface area contributed by atoms with Crippen molar-refractivity contribution in [2.45, 2.75) is 24.8 Å². The fourth-order valence-corrected chi connectivity index (χ4v) is 4.88. The third kappa shape index (κ3) is 4.47. The zero-order chi connectivity index (χ0) is 20.3. The Morgan fingerprint density at radius 1 is 1.14 bits per heavy atom. The van der Waals surface area contributed by atoms with Gasteiger partial charge in [-0.15, -0.1) is 0 Å². The maximum atomic E-state index is 13.0. The second-order valence-corrected chi connectivity index (χ2v) is 8.81. The first-order valence-electron chi connectivity index (χ1n) is 8.97. The van der Waals surface area contributed by atoms with Crippen LogP contribution in [0.15, 0.2) is 42.5 Å². The average molecular weight is 407 g/mol. The molecule has 2 atom stereocenters. The first-order valence-corrected chi connectivity index (χ1v) is 10.5. The molecule has 2 aromatic carbocycles. The molecule has 8 heteroatoms. The van der Waals surface area contributed by atoms with Crippen LogP contribution in [0.4, 0.5) is 0 Å². The molecule has 1 heterocycles. The molecule has 1 aliphatic rings. The number of aryl methyl sites for hydroxylation is 1. The molecule has 0 aliphatic carbocycles. The summed E-state index contributed by atoms with van der Waals surface area (Å²) in [5, 5.41) is 0.809. The van der Waals surface area contributed by atoms with E-state index in [2.05, 4.69) is 4.72 Å². The lowest BCUT2D eigenvalue weighted by Crippen LogP contribution is -2.39. The second kappa shape index (κ2) is 8.48. The van der Waals surface area contributed by atoms with E-state index < -0.39 is 21.3 Å². The van der Waals surface area contributed by atoms with Crippen molar-refractivity contribution >= 4 is 10.0 Å².